The molecule has 20 heavy (non-hydrogen) atoms. The first kappa shape index (κ1) is 14.8. The summed E-state index contributed by atoms with van der Waals surface area (Å²) >= 11 is 0. The number of halogens is 1. The zero-order valence-corrected chi connectivity index (χ0v) is 12.4. The summed E-state index contributed by atoms with van der Waals surface area (Å²) in [6.07, 6.45) is 2.86. The predicted molar refractivity (Wildman–Crippen MR) is 83.2 cm³/mol. The molecule has 0 N–H and O–H groups in total. The average Bonchev–Trinajstić information content (AvgIpc) is 2.48. The third-order valence-corrected chi connectivity index (χ3v) is 3.78. The maximum atomic E-state index is 14.7. The van der Waals surface area contributed by atoms with E-state index < -0.39 is 0 Å². The van der Waals surface area contributed by atoms with Gasteiger partial charge in [-0.3, -0.25) is 0 Å². The Labute approximate surface area is 120 Å². The smallest absolute Gasteiger partial charge is 0.197 e. The molecule has 3 heteroatoms. The maximum Gasteiger partial charge on any atom is 0.197 e. The molecule has 1 aliphatic rings. The van der Waals surface area contributed by atoms with Crippen molar-refractivity contribution in [3.05, 3.63) is 46.9 Å². The lowest BCUT2D eigenvalue weighted by molar-refractivity contribution is 0.190. The van der Waals surface area contributed by atoms with Crippen molar-refractivity contribution in [2.24, 2.45) is 0 Å². The minimum Gasteiger partial charge on any atom is -0.345 e. The van der Waals surface area contributed by atoms with Crippen LogP contribution in [0.2, 0.25) is 0 Å². The van der Waals surface area contributed by atoms with Gasteiger partial charge in [0.05, 0.1) is 0 Å². The van der Waals surface area contributed by atoms with Crippen LogP contribution < -0.4 is 10.4 Å². The van der Waals surface area contributed by atoms with Crippen LogP contribution in [0, 0.1) is 0 Å². The van der Waals surface area contributed by atoms with Crippen LogP contribution in [0.4, 0.5) is 4.39 Å². The lowest BCUT2D eigenvalue weighted by Crippen LogP contribution is -2.45. The van der Waals surface area contributed by atoms with Crippen molar-refractivity contribution in [3.63, 3.8) is 0 Å². The molecule has 1 heterocycles. The Morgan fingerprint density at radius 1 is 1.25 bits per heavy atom. The van der Waals surface area contributed by atoms with E-state index in [1.165, 1.54) is 0 Å². The van der Waals surface area contributed by atoms with Gasteiger partial charge in [0.25, 0.3) is 0 Å². The number of allylic oxidation sites excluding steroid dienone is 1. The van der Waals surface area contributed by atoms with E-state index in [0.717, 1.165) is 43.4 Å². The molecule has 1 aliphatic heterocycles. The highest BCUT2D eigenvalue weighted by molar-refractivity contribution is 5.47. The molecule has 108 valence electrons. The standard InChI is InChI=1S/C17H23FN2/c1-4-14(2)13-15-7-5-6-8-16(15)17(18)20-11-9-19(3)10-12-20/h5-8,13H,2,4,9-12H2,1,3H3/b15-13-,17-16+. The molecule has 0 unspecified atom stereocenters. The van der Waals surface area contributed by atoms with Gasteiger partial charge < -0.3 is 9.80 Å². The van der Waals surface area contributed by atoms with Crippen molar-refractivity contribution in [3.8, 4) is 0 Å². The van der Waals surface area contributed by atoms with E-state index in [2.05, 4.69) is 25.5 Å². The maximum absolute atomic E-state index is 14.7. The molecule has 0 aromatic heterocycles. The highest BCUT2D eigenvalue weighted by atomic mass is 19.1. The molecule has 0 atom stereocenters. The van der Waals surface area contributed by atoms with E-state index in [1.807, 2.05) is 35.2 Å². The Morgan fingerprint density at radius 3 is 2.55 bits per heavy atom. The lowest BCUT2D eigenvalue weighted by Gasteiger charge is -2.32. The first-order valence-electron chi connectivity index (χ1n) is 7.19. The summed E-state index contributed by atoms with van der Waals surface area (Å²) in [7, 11) is 2.07. The van der Waals surface area contributed by atoms with Crippen molar-refractivity contribution in [2.75, 3.05) is 33.2 Å². The van der Waals surface area contributed by atoms with Gasteiger partial charge in [0.1, 0.15) is 0 Å². The third-order valence-electron chi connectivity index (χ3n) is 3.78. The summed E-state index contributed by atoms with van der Waals surface area (Å²) in [5, 5.41) is 1.59. The largest absolute Gasteiger partial charge is 0.345 e. The molecule has 1 aromatic carbocycles. The minimum absolute atomic E-state index is 0.117. The SMILES string of the molecule is C=C(/C=c1/cccc/c1=C(/F)N1CCN(C)CC1)CC. The molecular formula is C17H23FN2. The summed E-state index contributed by atoms with van der Waals surface area (Å²) in [5.41, 5.74) is 1.02. The monoisotopic (exact) mass is 274 g/mol. The third kappa shape index (κ3) is 3.48. The molecular weight excluding hydrogens is 251 g/mol. The van der Waals surface area contributed by atoms with E-state index in [-0.39, 0.29) is 5.95 Å². The summed E-state index contributed by atoms with van der Waals surface area (Å²) in [6.45, 7) is 9.33. The van der Waals surface area contributed by atoms with Crippen molar-refractivity contribution in [1.82, 2.24) is 9.80 Å². The average molecular weight is 274 g/mol. The highest BCUT2D eigenvalue weighted by Gasteiger charge is 2.16. The van der Waals surface area contributed by atoms with E-state index in [1.54, 1.807) is 0 Å². The molecule has 1 aromatic rings. The summed E-state index contributed by atoms with van der Waals surface area (Å²) < 4.78 is 14.7. The molecule has 0 spiro atoms. The zero-order valence-electron chi connectivity index (χ0n) is 12.4. The second kappa shape index (κ2) is 6.71. The van der Waals surface area contributed by atoms with Crippen LogP contribution in [0.3, 0.4) is 0 Å². The molecule has 1 saturated heterocycles. The van der Waals surface area contributed by atoms with E-state index in [0.29, 0.717) is 5.22 Å². The molecule has 0 bridgehead atoms. The molecule has 0 amide bonds. The fraction of sp³-hybridized carbons (Fsp3) is 0.412. The lowest BCUT2D eigenvalue weighted by atomic mass is 10.1. The number of benzene rings is 1. The van der Waals surface area contributed by atoms with Gasteiger partial charge in [0.2, 0.25) is 0 Å². The molecule has 0 saturated carbocycles. The van der Waals surface area contributed by atoms with Crippen LogP contribution in [0.1, 0.15) is 13.3 Å². The minimum atomic E-state index is -0.117. The summed E-state index contributed by atoms with van der Waals surface area (Å²) in [6, 6.07) is 7.63. The first-order chi connectivity index (χ1) is 9.61. The predicted octanol–water partition coefficient (Wildman–Crippen LogP) is 1.72. The highest BCUT2D eigenvalue weighted by Crippen LogP contribution is 2.08. The van der Waals surface area contributed by atoms with Crippen LogP contribution in [0.5, 0.6) is 0 Å². The Balaban J connectivity index is 2.42. The van der Waals surface area contributed by atoms with Crippen LogP contribution in [0.15, 0.2) is 36.4 Å². The van der Waals surface area contributed by atoms with Crippen LogP contribution >= 0.6 is 0 Å². The number of rotatable bonds is 3. The molecule has 0 aliphatic carbocycles. The molecule has 2 nitrogen and oxygen atoms in total. The molecule has 0 radical (unpaired) electrons. The van der Waals surface area contributed by atoms with Gasteiger partial charge in [-0.2, -0.15) is 4.39 Å². The summed E-state index contributed by atoms with van der Waals surface area (Å²) in [4.78, 5) is 4.06. The van der Waals surface area contributed by atoms with Gasteiger partial charge in [0.15, 0.2) is 5.95 Å². The van der Waals surface area contributed by atoms with E-state index >= 15 is 0 Å². The topological polar surface area (TPSA) is 6.48 Å². The van der Waals surface area contributed by atoms with Crippen molar-refractivity contribution in [2.45, 2.75) is 13.3 Å². The number of nitrogens with zero attached hydrogens (tertiary/aromatic N) is 2. The van der Waals surface area contributed by atoms with Crippen molar-refractivity contribution in [1.29, 1.82) is 0 Å². The summed E-state index contributed by atoms with van der Waals surface area (Å²) in [5.74, 6) is -0.117. The van der Waals surface area contributed by atoms with Gasteiger partial charge in [-0.1, -0.05) is 43.4 Å². The quantitative estimate of drug-likeness (QED) is 0.774. The second-order valence-electron chi connectivity index (χ2n) is 5.32. The van der Waals surface area contributed by atoms with Crippen molar-refractivity contribution >= 4 is 12.0 Å². The Morgan fingerprint density at radius 2 is 1.90 bits per heavy atom. The first-order valence-corrected chi connectivity index (χ1v) is 7.19. The number of hydrogen-bond donors (Lipinski definition) is 0. The van der Waals surface area contributed by atoms with Gasteiger partial charge in [-0.15, -0.1) is 0 Å². The van der Waals surface area contributed by atoms with Crippen LogP contribution in [-0.2, 0) is 0 Å². The van der Waals surface area contributed by atoms with Gasteiger partial charge in [0, 0.05) is 31.4 Å². The number of hydrogen-bond acceptors (Lipinski definition) is 2. The van der Waals surface area contributed by atoms with Gasteiger partial charge in [-0.25, -0.2) is 0 Å². The molecule has 1 fully saturated rings. The second-order valence-corrected chi connectivity index (χ2v) is 5.32. The number of likely N-dealkylation sites (N-methyl/N-ethyl adjacent to an activating group) is 1. The zero-order chi connectivity index (χ0) is 14.5. The van der Waals surface area contributed by atoms with E-state index in [9.17, 15) is 4.39 Å². The normalized spacial score (nSPS) is 19.1. The molecule has 2 rings (SSSR count). The number of piperazine rings is 1. The van der Waals surface area contributed by atoms with Crippen LogP contribution in [-0.4, -0.2) is 43.0 Å². The Bertz CT molecular complexity index is 583. The van der Waals surface area contributed by atoms with Gasteiger partial charge in [-0.05, 0) is 24.8 Å². The Kier molecular flexibility index (Phi) is 4.96. The van der Waals surface area contributed by atoms with E-state index in [4.69, 9.17) is 0 Å². The van der Waals surface area contributed by atoms with Crippen molar-refractivity contribution < 1.29 is 4.39 Å². The van der Waals surface area contributed by atoms with Crippen LogP contribution in [0.25, 0.3) is 12.0 Å². The fourth-order valence-electron chi connectivity index (χ4n) is 2.31. The fourth-order valence-corrected chi connectivity index (χ4v) is 2.31. The van der Waals surface area contributed by atoms with Gasteiger partial charge >= 0.3 is 0 Å². The Hall–Kier alpha value is -1.61.